The number of piperidine rings is 1. The second-order valence-electron chi connectivity index (χ2n) is 11.3. The van der Waals surface area contributed by atoms with Gasteiger partial charge in [0, 0.05) is 77.3 Å². The molecule has 3 saturated heterocycles. The summed E-state index contributed by atoms with van der Waals surface area (Å²) in [5, 5.41) is 10.1. The molecule has 5 heterocycles. The fourth-order valence-electron chi connectivity index (χ4n) is 5.68. The number of likely N-dealkylation sites (tertiary alicyclic amines) is 1. The largest absolute Gasteiger partial charge is 0.495 e. The van der Waals surface area contributed by atoms with Crippen LogP contribution in [0.4, 0.5) is 26.6 Å². The Morgan fingerprint density at radius 2 is 1.65 bits per heavy atom. The second-order valence-corrected chi connectivity index (χ2v) is 11.6. The van der Waals surface area contributed by atoms with E-state index < -0.39 is 12.1 Å². The first-order valence-corrected chi connectivity index (χ1v) is 15.8. The van der Waals surface area contributed by atoms with Crippen LogP contribution in [0.3, 0.4) is 0 Å². The first-order valence-electron chi connectivity index (χ1n) is 15.2. The zero-order valence-corrected chi connectivity index (χ0v) is 26.5. The van der Waals surface area contributed by atoms with Crippen LogP contribution in [-0.2, 0) is 14.3 Å². The van der Waals surface area contributed by atoms with Crippen molar-refractivity contribution < 1.29 is 28.2 Å². The number of carbonyl (C=O) groups is 2. The molecule has 0 atom stereocenters. The Hall–Kier alpha value is -4.06. The Balaban J connectivity index is 1.23. The first kappa shape index (κ1) is 33.3. The molecule has 18 heteroatoms. The highest BCUT2D eigenvalue weighted by Gasteiger charge is 2.31. The number of rotatable bonds is 9. The molecular formula is C28H39F2N11O4S. The monoisotopic (exact) mass is 663 g/mol. The first-order chi connectivity index (χ1) is 22.1. The Morgan fingerprint density at radius 3 is 2.26 bits per heavy atom. The number of morpholine rings is 1. The minimum atomic E-state index is -2.92. The van der Waals surface area contributed by atoms with Gasteiger partial charge < -0.3 is 40.1 Å². The number of carbonyl (C=O) groups excluding carboxylic acids is 2. The van der Waals surface area contributed by atoms with E-state index in [0.717, 1.165) is 0 Å². The summed E-state index contributed by atoms with van der Waals surface area (Å²) in [4.78, 5) is 56.3. The molecule has 2 aromatic heterocycles. The standard InChI is InChI=1S/C28H39F2N11O4S/c1-37(25(44)18-2-5-38(6-3-18)20(42)4-15-46)17-21(43)39-7-9-40(10-8-39)27-34-24(19-16-32-26(31)33-22(19)23(29)30)35-28(36-27)41-11-13-45-14-12-41/h4,16,18,23,42,46H,2-3,5-15,17H2,1H3,(H2,31,32,33)/b20-4+. The number of aliphatic hydroxyl groups is 1. The summed E-state index contributed by atoms with van der Waals surface area (Å²) < 4.78 is 33.3. The highest BCUT2D eigenvalue weighted by atomic mass is 32.1. The van der Waals surface area contributed by atoms with Crippen molar-refractivity contribution in [3.63, 3.8) is 0 Å². The molecule has 3 aliphatic rings. The Morgan fingerprint density at radius 1 is 1.02 bits per heavy atom. The molecule has 0 aromatic carbocycles. The number of piperazine rings is 1. The third-order valence-electron chi connectivity index (χ3n) is 8.30. The van der Waals surface area contributed by atoms with Crippen molar-refractivity contribution in [2.75, 3.05) is 100 Å². The van der Waals surface area contributed by atoms with Crippen molar-refractivity contribution >= 4 is 42.3 Å². The molecule has 250 valence electrons. The Kier molecular flexibility index (Phi) is 10.9. The van der Waals surface area contributed by atoms with Gasteiger partial charge >= 0.3 is 0 Å². The number of alkyl halides is 2. The SMILES string of the molecule is CN(CC(=O)N1CCN(c2nc(-c3cnc(N)nc3C(F)F)nc(N3CCOCC3)n2)CC1)C(=O)C1CCN(/C(O)=C\CS)CC1. The van der Waals surface area contributed by atoms with Crippen LogP contribution in [-0.4, -0.2) is 141 Å². The number of hydrogen-bond acceptors (Lipinski definition) is 14. The molecule has 3 fully saturated rings. The molecule has 3 N–H and O–H groups in total. The van der Waals surface area contributed by atoms with Crippen molar-refractivity contribution in [2.45, 2.75) is 19.3 Å². The van der Waals surface area contributed by atoms with Crippen LogP contribution in [0.25, 0.3) is 11.4 Å². The average Bonchev–Trinajstić information content (AvgIpc) is 3.08. The van der Waals surface area contributed by atoms with E-state index in [9.17, 15) is 23.5 Å². The molecule has 15 nitrogen and oxygen atoms in total. The van der Waals surface area contributed by atoms with Crippen LogP contribution in [0.5, 0.6) is 0 Å². The number of ether oxygens (including phenoxy) is 1. The molecule has 0 aliphatic carbocycles. The van der Waals surface area contributed by atoms with E-state index in [1.54, 1.807) is 18.0 Å². The molecule has 0 spiro atoms. The zero-order chi connectivity index (χ0) is 32.8. The Labute approximate surface area is 270 Å². The molecule has 0 unspecified atom stereocenters. The highest BCUT2D eigenvalue weighted by Crippen LogP contribution is 2.30. The molecule has 5 rings (SSSR count). The van der Waals surface area contributed by atoms with Gasteiger partial charge in [0.25, 0.3) is 6.43 Å². The lowest BCUT2D eigenvalue weighted by Gasteiger charge is -2.37. The van der Waals surface area contributed by atoms with Crippen molar-refractivity contribution in [1.29, 1.82) is 0 Å². The van der Waals surface area contributed by atoms with Crippen LogP contribution < -0.4 is 15.5 Å². The number of amides is 2. The molecule has 3 aliphatic heterocycles. The van der Waals surface area contributed by atoms with Crippen LogP contribution in [0.2, 0.25) is 0 Å². The smallest absolute Gasteiger partial charge is 0.281 e. The van der Waals surface area contributed by atoms with Crippen molar-refractivity contribution in [1.82, 2.24) is 39.6 Å². The van der Waals surface area contributed by atoms with E-state index in [1.807, 2.05) is 14.7 Å². The molecule has 46 heavy (non-hydrogen) atoms. The quantitative estimate of drug-likeness (QED) is 0.255. The maximum Gasteiger partial charge on any atom is 0.281 e. The van der Waals surface area contributed by atoms with Crippen molar-refractivity contribution in [3.8, 4) is 11.4 Å². The fraction of sp³-hybridized carbons (Fsp3) is 0.607. The number of aliphatic hydroxyl groups excluding tert-OH is 1. The van der Waals surface area contributed by atoms with Crippen LogP contribution >= 0.6 is 12.6 Å². The summed E-state index contributed by atoms with van der Waals surface area (Å²) >= 11 is 4.10. The molecule has 0 radical (unpaired) electrons. The zero-order valence-electron chi connectivity index (χ0n) is 25.6. The number of nitrogen functional groups attached to an aromatic ring is 1. The predicted molar refractivity (Wildman–Crippen MR) is 169 cm³/mol. The predicted octanol–water partition coefficient (Wildman–Crippen LogP) is 0.833. The van der Waals surface area contributed by atoms with Crippen LogP contribution in [0.1, 0.15) is 25.0 Å². The van der Waals surface area contributed by atoms with Gasteiger partial charge in [-0.25, -0.2) is 18.7 Å². The maximum absolute atomic E-state index is 13.9. The topological polar surface area (TPSA) is 170 Å². The van der Waals surface area contributed by atoms with Gasteiger partial charge in [0.05, 0.1) is 25.3 Å². The summed E-state index contributed by atoms with van der Waals surface area (Å²) in [6.07, 6.45) is 1.06. The van der Waals surface area contributed by atoms with E-state index in [2.05, 4.69) is 37.5 Å². The maximum atomic E-state index is 13.9. The number of likely N-dealkylation sites (N-methyl/N-ethyl adjacent to an activating group) is 1. The van der Waals surface area contributed by atoms with Crippen LogP contribution in [0.15, 0.2) is 18.2 Å². The number of halogens is 2. The van der Waals surface area contributed by atoms with E-state index in [0.29, 0.717) is 90.1 Å². The fourth-order valence-corrected chi connectivity index (χ4v) is 5.85. The summed E-state index contributed by atoms with van der Waals surface area (Å²) in [6.45, 7) is 4.53. The van der Waals surface area contributed by atoms with Gasteiger partial charge in [0.2, 0.25) is 29.7 Å². The average molecular weight is 664 g/mol. The Bertz CT molecular complexity index is 1420. The summed E-state index contributed by atoms with van der Waals surface area (Å²) in [5.41, 5.74) is 4.97. The lowest BCUT2D eigenvalue weighted by atomic mass is 9.95. The summed E-state index contributed by atoms with van der Waals surface area (Å²) in [5.74, 6) is 0.439. The van der Waals surface area contributed by atoms with Gasteiger partial charge in [-0.2, -0.15) is 27.6 Å². The number of thiol groups is 1. The minimum Gasteiger partial charge on any atom is -0.495 e. The van der Waals surface area contributed by atoms with Crippen molar-refractivity contribution in [2.24, 2.45) is 5.92 Å². The number of aromatic nitrogens is 5. The third kappa shape index (κ3) is 7.83. The number of hydrogen-bond donors (Lipinski definition) is 3. The van der Waals surface area contributed by atoms with E-state index in [-0.39, 0.29) is 53.4 Å². The van der Waals surface area contributed by atoms with Gasteiger partial charge in [-0.15, -0.1) is 0 Å². The van der Waals surface area contributed by atoms with E-state index in [4.69, 9.17) is 10.5 Å². The number of anilines is 3. The lowest BCUT2D eigenvalue weighted by molar-refractivity contribution is -0.142. The normalized spacial score (nSPS) is 18.3. The molecule has 2 amide bonds. The molecule has 2 aromatic rings. The van der Waals surface area contributed by atoms with E-state index >= 15 is 0 Å². The molecular weight excluding hydrogens is 624 g/mol. The molecule has 0 saturated carbocycles. The number of nitrogens with two attached hydrogens (primary N) is 1. The third-order valence-corrected chi connectivity index (χ3v) is 8.48. The summed E-state index contributed by atoms with van der Waals surface area (Å²) in [7, 11) is 1.63. The van der Waals surface area contributed by atoms with Gasteiger partial charge in [-0.05, 0) is 18.9 Å². The van der Waals surface area contributed by atoms with Gasteiger partial charge in [-0.1, -0.05) is 0 Å². The highest BCUT2D eigenvalue weighted by molar-refractivity contribution is 7.80. The summed E-state index contributed by atoms with van der Waals surface area (Å²) in [6, 6.07) is 0. The van der Waals surface area contributed by atoms with Gasteiger partial charge in [0.15, 0.2) is 11.7 Å². The molecule has 0 bridgehead atoms. The number of nitrogens with zero attached hydrogens (tertiary/aromatic N) is 10. The van der Waals surface area contributed by atoms with Gasteiger partial charge in [0.1, 0.15) is 5.69 Å². The van der Waals surface area contributed by atoms with E-state index in [1.165, 1.54) is 11.1 Å². The second kappa shape index (κ2) is 15.0. The van der Waals surface area contributed by atoms with Crippen LogP contribution in [0, 0.1) is 5.92 Å². The van der Waals surface area contributed by atoms with Crippen molar-refractivity contribution in [3.05, 3.63) is 23.8 Å². The lowest BCUT2D eigenvalue weighted by Crippen LogP contribution is -2.52. The van der Waals surface area contributed by atoms with Gasteiger partial charge in [-0.3, -0.25) is 9.59 Å². The minimum absolute atomic E-state index is 0.000731.